The summed E-state index contributed by atoms with van der Waals surface area (Å²) in [4.78, 5) is 50.4. The number of esters is 2. The minimum absolute atomic E-state index is 0.0379. The standard InChI is InChI=1S/C17H27N5O7/c1-6-7-28-13(25)9-19-16(27)14(10(2)23)20-15(26)11(21-22-18)8-12(24)29-17(3,4)5/h6,10-11,14,23H,1,7-9H2,2-5H3,(H,19,27)(H,20,26)/t10-,11+,14+/m1/s1. The number of azide groups is 1. The average molecular weight is 413 g/mol. The van der Waals surface area contributed by atoms with Gasteiger partial charge in [0.15, 0.2) is 0 Å². The largest absolute Gasteiger partial charge is 0.460 e. The van der Waals surface area contributed by atoms with Gasteiger partial charge in [-0.25, -0.2) is 0 Å². The van der Waals surface area contributed by atoms with Crippen molar-refractivity contribution in [3.05, 3.63) is 23.1 Å². The van der Waals surface area contributed by atoms with Gasteiger partial charge in [-0.2, -0.15) is 0 Å². The Morgan fingerprint density at radius 1 is 1.24 bits per heavy atom. The lowest BCUT2D eigenvalue weighted by atomic mass is 10.1. The van der Waals surface area contributed by atoms with Crippen LogP contribution in [-0.2, 0) is 28.7 Å². The number of nitrogens with one attached hydrogen (secondary N) is 2. The summed E-state index contributed by atoms with van der Waals surface area (Å²) >= 11 is 0. The lowest BCUT2D eigenvalue weighted by Gasteiger charge is -2.23. The maximum Gasteiger partial charge on any atom is 0.325 e. The molecule has 0 aliphatic carbocycles. The van der Waals surface area contributed by atoms with E-state index in [0.717, 1.165) is 0 Å². The van der Waals surface area contributed by atoms with Crippen molar-refractivity contribution in [1.82, 2.24) is 10.6 Å². The van der Waals surface area contributed by atoms with Gasteiger partial charge in [0.25, 0.3) is 0 Å². The second-order valence-electron chi connectivity index (χ2n) is 6.93. The zero-order chi connectivity index (χ0) is 22.6. The van der Waals surface area contributed by atoms with Gasteiger partial charge in [-0.15, -0.1) is 0 Å². The van der Waals surface area contributed by atoms with E-state index < -0.39 is 60.5 Å². The van der Waals surface area contributed by atoms with Gasteiger partial charge in [-0.05, 0) is 33.2 Å². The van der Waals surface area contributed by atoms with E-state index in [1.807, 2.05) is 0 Å². The molecule has 162 valence electrons. The molecule has 12 nitrogen and oxygen atoms in total. The second-order valence-corrected chi connectivity index (χ2v) is 6.93. The number of aliphatic hydroxyl groups excluding tert-OH is 1. The summed E-state index contributed by atoms with van der Waals surface area (Å²) in [5.74, 6) is -3.37. The summed E-state index contributed by atoms with van der Waals surface area (Å²) in [6.07, 6.45) is -0.565. The van der Waals surface area contributed by atoms with Gasteiger partial charge in [-0.3, -0.25) is 19.2 Å². The maximum atomic E-state index is 12.4. The molecule has 0 aliphatic rings. The third kappa shape index (κ3) is 11.4. The summed E-state index contributed by atoms with van der Waals surface area (Å²) in [6, 6.07) is -2.97. The second kappa shape index (κ2) is 12.4. The van der Waals surface area contributed by atoms with Gasteiger partial charge in [0.2, 0.25) is 11.8 Å². The first kappa shape index (κ1) is 25.9. The number of nitrogens with zero attached hydrogens (tertiary/aromatic N) is 3. The summed E-state index contributed by atoms with van der Waals surface area (Å²) in [6.45, 7) is 8.95. The molecule has 0 unspecified atom stereocenters. The van der Waals surface area contributed by atoms with Gasteiger partial charge < -0.3 is 25.2 Å². The third-order valence-electron chi connectivity index (χ3n) is 3.11. The van der Waals surface area contributed by atoms with E-state index in [1.54, 1.807) is 20.8 Å². The monoisotopic (exact) mass is 413 g/mol. The van der Waals surface area contributed by atoms with E-state index in [-0.39, 0.29) is 6.61 Å². The lowest BCUT2D eigenvalue weighted by molar-refractivity contribution is -0.156. The van der Waals surface area contributed by atoms with Crippen LogP contribution in [0.15, 0.2) is 17.8 Å². The topological polar surface area (TPSA) is 180 Å². The minimum atomic E-state index is -1.50. The molecule has 29 heavy (non-hydrogen) atoms. The van der Waals surface area contributed by atoms with Gasteiger partial charge in [0.1, 0.15) is 30.8 Å². The van der Waals surface area contributed by atoms with E-state index in [1.165, 1.54) is 13.0 Å². The molecule has 0 aromatic heterocycles. The zero-order valence-corrected chi connectivity index (χ0v) is 16.9. The fourth-order valence-corrected chi connectivity index (χ4v) is 1.92. The first-order valence-corrected chi connectivity index (χ1v) is 8.70. The molecular weight excluding hydrogens is 386 g/mol. The summed E-state index contributed by atoms with van der Waals surface area (Å²) in [5, 5.41) is 17.4. The predicted molar refractivity (Wildman–Crippen MR) is 101 cm³/mol. The molecule has 0 saturated carbocycles. The number of ether oxygens (including phenoxy) is 2. The van der Waals surface area contributed by atoms with Crippen LogP contribution in [0.25, 0.3) is 10.4 Å². The van der Waals surface area contributed by atoms with Crippen molar-refractivity contribution >= 4 is 23.8 Å². The Labute approximate surface area is 168 Å². The number of hydrogen-bond acceptors (Lipinski definition) is 8. The van der Waals surface area contributed by atoms with Crippen LogP contribution in [0.4, 0.5) is 0 Å². The van der Waals surface area contributed by atoms with Gasteiger partial charge in [0, 0.05) is 4.91 Å². The van der Waals surface area contributed by atoms with Crippen LogP contribution in [0.2, 0.25) is 0 Å². The highest BCUT2D eigenvalue weighted by molar-refractivity contribution is 5.93. The van der Waals surface area contributed by atoms with Crippen LogP contribution in [0.1, 0.15) is 34.1 Å². The Kier molecular flexibility index (Phi) is 11.0. The number of rotatable bonds is 11. The highest BCUT2D eigenvalue weighted by Crippen LogP contribution is 2.11. The van der Waals surface area contributed by atoms with Gasteiger partial charge in [-0.1, -0.05) is 17.8 Å². The molecule has 0 rings (SSSR count). The molecule has 0 heterocycles. The Morgan fingerprint density at radius 3 is 2.34 bits per heavy atom. The molecule has 0 saturated heterocycles. The number of carbonyl (C=O) groups is 4. The number of hydrogen-bond donors (Lipinski definition) is 3. The van der Waals surface area contributed by atoms with Crippen molar-refractivity contribution in [2.24, 2.45) is 5.11 Å². The van der Waals surface area contributed by atoms with Crippen molar-refractivity contribution in [3.63, 3.8) is 0 Å². The van der Waals surface area contributed by atoms with Crippen LogP contribution in [-0.4, -0.2) is 65.8 Å². The average Bonchev–Trinajstić information content (AvgIpc) is 2.59. The quantitative estimate of drug-likeness (QED) is 0.141. The lowest BCUT2D eigenvalue weighted by Crippen LogP contribution is -2.55. The van der Waals surface area contributed by atoms with Crippen LogP contribution in [0, 0.1) is 0 Å². The molecule has 0 aliphatic heterocycles. The fraction of sp³-hybridized carbons (Fsp3) is 0.647. The molecule has 0 fully saturated rings. The highest BCUT2D eigenvalue weighted by Gasteiger charge is 2.31. The smallest absolute Gasteiger partial charge is 0.325 e. The number of carbonyl (C=O) groups excluding carboxylic acids is 4. The summed E-state index contributed by atoms with van der Waals surface area (Å²) in [7, 11) is 0. The maximum absolute atomic E-state index is 12.4. The van der Waals surface area contributed by atoms with Crippen LogP contribution in [0.5, 0.6) is 0 Å². The Balaban J connectivity index is 5.03. The van der Waals surface area contributed by atoms with Crippen LogP contribution < -0.4 is 10.6 Å². The number of amides is 2. The van der Waals surface area contributed by atoms with E-state index >= 15 is 0 Å². The highest BCUT2D eigenvalue weighted by atomic mass is 16.6. The van der Waals surface area contributed by atoms with Crippen molar-refractivity contribution in [2.75, 3.05) is 13.2 Å². The molecule has 0 aromatic carbocycles. The molecule has 0 aromatic rings. The Hall–Kier alpha value is -3.11. The van der Waals surface area contributed by atoms with Crippen molar-refractivity contribution in [3.8, 4) is 0 Å². The van der Waals surface area contributed by atoms with E-state index in [9.17, 15) is 24.3 Å². The third-order valence-corrected chi connectivity index (χ3v) is 3.11. The summed E-state index contributed by atoms with van der Waals surface area (Å²) < 4.78 is 9.76. The van der Waals surface area contributed by atoms with Crippen molar-refractivity contribution in [2.45, 2.75) is 57.9 Å². The van der Waals surface area contributed by atoms with E-state index in [2.05, 4.69) is 32.0 Å². The van der Waals surface area contributed by atoms with Crippen LogP contribution in [0.3, 0.4) is 0 Å². The molecule has 12 heteroatoms. The first-order chi connectivity index (χ1) is 13.4. The minimum Gasteiger partial charge on any atom is -0.460 e. The fourth-order valence-electron chi connectivity index (χ4n) is 1.92. The molecule has 3 N–H and O–H groups in total. The molecular formula is C17H27N5O7. The van der Waals surface area contributed by atoms with Gasteiger partial charge in [0.05, 0.1) is 12.5 Å². The van der Waals surface area contributed by atoms with E-state index in [0.29, 0.717) is 0 Å². The Bertz CT molecular complexity index is 666. The summed E-state index contributed by atoms with van der Waals surface area (Å²) in [5.41, 5.74) is 7.83. The molecule has 0 bridgehead atoms. The molecule has 0 radical (unpaired) electrons. The van der Waals surface area contributed by atoms with Crippen molar-refractivity contribution < 1.29 is 33.8 Å². The molecule has 2 amide bonds. The van der Waals surface area contributed by atoms with Crippen molar-refractivity contribution in [1.29, 1.82) is 0 Å². The first-order valence-electron chi connectivity index (χ1n) is 8.70. The number of aliphatic hydroxyl groups is 1. The van der Waals surface area contributed by atoms with Crippen LogP contribution >= 0.6 is 0 Å². The predicted octanol–water partition coefficient (Wildman–Crippen LogP) is 0.108. The molecule has 3 atom stereocenters. The SMILES string of the molecule is C=CCOC(=O)CNC(=O)[C@@H](NC(=O)[C@H](CC(=O)OC(C)(C)C)N=[N+]=[N-])[C@@H](C)O. The van der Waals surface area contributed by atoms with Gasteiger partial charge >= 0.3 is 11.9 Å². The zero-order valence-electron chi connectivity index (χ0n) is 16.9. The Morgan fingerprint density at radius 2 is 1.86 bits per heavy atom. The van der Waals surface area contributed by atoms with E-state index in [4.69, 9.17) is 10.3 Å². The molecule has 0 spiro atoms. The normalized spacial score (nSPS) is 13.7.